The van der Waals surface area contributed by atoms with E-state index in [1.807, 2.05) is 6.08 Å². The number of thiol groups is 1. The molecule has 0 bridgehead atoms. The van der Waals surface area contributed by atoms with Gasteiger partial charge in [-0.15, -0.1) is 28.2 Å². The van der Waals surface area contributed by atoms with Gasteiger partial charge in [0.2, 0.25) is 0 Å². The maximum atomic E-state index is 4.48. The van der Waals surface area contributed by atoms with Crippen molar-refractivity contribution in [1.29, 1.82) is 0 Å². The SMILES string of the molecule is C=C[C-](I)C(C)c1[c-]c(S)c(I)c(C)c1C.[U+2]. The molecule has 4 heteroatoms. The average Bonchev–Trinajstić information content (AvgIpc) is 2.29. The van der Waals surface area contributed by atoms with E-state index in [-0.39, 0.29) is 31.1 Å². The summed E-state index contributed by atoms with van der Waals surface area (Å²) in [5.74, 6) is 0.347. The smallest absolute Gasteiger partial charge is 0.244 e. The zero-order chi connectivity index (χ0) is 12.5. The summed E-state index contributed by atoms with van der Waals surface area (Å²) < 4.78 is 2.44. The molecular formula is C13H14I2SU. The third-order valence-corrected chi connectivity index (χ3v) is 6.28. The summed E-state index contributed by atoms with van der Waals surface area (Å²) in [6.07, 6.45) is 1.91. The van der Waals surface area contributed by atoms with Crippen molar-refractivity contribution in [3.63, 3.8) is 0 Å². The summed E-state index contributed by atoms with van der Waals surface area (Å²) in [7, 11) is 0. The number of benzene rings is 1. The molecule has 17 heavy (non-hydrogen) atoms. The Morgan fingerprint density at radius 1 is 1.41 bits per heavy atom. The molecule has 1 aromatic carbocycles. The zero-order valence-electron chi connectivity index (χ0n) is 10.1. The van der Waals surface area contributed by atoms with E-state index in [9.17, 15) is 0 Å². The van der Waals surface area contributed by atoms with E-state index in [0.717, 1.165) is 4.90 Å². The molecule has 0 saturated heterocycles. The van der Waals surface area contributed by atoms with E-state index in [4.69, 9.17) is 0 Å². The Bertz CT molecular complexity index is 418. The normalized spacial score (nSPS) is 11.6. The number of rotatable bonds is 3. The average molecular weight is 694 g/mol. The maximum Gasteiger partial charge on any atom is 2.00 e. The molecule has 0 fully saturated rings. The second-order valence-electron chi connectivity index (χ2n) is 3.76. The predicted molar refractivity (Wildman–Crippen MR) is 90.6 cm³/mol. The molecule has 0 nitrogen and oxygen atoms in total. The Balaban J connectivity index is 0.00000256. The first-order valence-electron chi connectivity index (χ1n) is 4.95. The molecule has 0 radical (unpaired) electrons. The fraction of sp³-hybridized carbons (Fsp3) is 0.308. The summed E-state index contributed by atoms with van der Waals surface area (Å²) in [4.78, 5) is 0.943. The zero-order valence-corrected chi connectivity index (χ0v) is 19.4. The molecule has 0 heterocycles. The van der Waals surface area contributed by atoms with E-state index < -0.39 is 0 Å². The molecule has 0 aromatic heterocycles. The van der Waals surface area contributed by atoms with E-state index in [0.29, 0.717) is 5.92 Å². The quantitative estimate of drug-likeness (QED) is 0.250. The number of halogens is 2. The monoisotopic (exact) mass is 694 g/mol. The second kappa shape index (κ2) is 8.08. The van der Waals surface area contributed by atoms with Crippen LogP contribution < -0.4 is 0 Å². The van der Waals surface area contributed by atoms with Crippen molar-refractivity contribution in [2.75, 3.05) is 0 Å². The molecular weight excluding hydrogens is 680 g/mol. The minimum absolute atomic E-state index is 0. The predicted octanol–water partition coefficient (Wildman–Crippen LogP) is 5.25. The van der Waals surface area contributed by atoms with Crippen LogP contribution in [0.5, 0.6) is 0 Å². The molecule has 1 atom stereocenters. The summed E-state index contributed by atoms with van der Waals surface area (Å²) in [5.41, 5.74) is 3.84. The van der Waals surface area contributed by atoms with E-state index in [2.05, 4.69) is 91.2 Å². The van der Waals surface area contributed by atoms with Gasteiger partial charge in [0.05, 0.1) is 0 Å². The van der Waals surface area contributed by atoms with Crippen LogP contribution in [0, 0.1) is 58.5 Å². The molecule has 1 rings (SSSR count). The topological polar surface area (TPSA) is 0 Å². The van der Waals surface area contributed by atoms with Gasteiger partial charge in [-0.3, -0.25) is 0 Å². The summed E-state index contributed by atoms with van der Waals surface area (Å²) in [6, 6.07) is 3.38. The molecule has 1 unspecified atom stereocenters. The largest absolute Gasteiger partial charge is 2.00 e. The van der Waals surface area contributed by atoms with Crippen molar-refractivity contribution < 1.29 is 31.1 Å². The van der Waals surface area contributed by atoms with Gasteiger partial charge >= 0.3 is 31.1 Å². The Labute approximate surface area is 161 Å². The van der Waals surface area contributed by atoms with Crippen LogP contribution in [0.15, 0.2) is 17.6 Å². The van der Waals surface area contributed by atoms with Crippen molar-refractivity contribution in [2.24, 2.45) is 0 Å². The van der Waals surface area contributed by atoms with Gasteiger partial charge in [0.15, 0.2) is 0 Å². The van der Waals surface area contributed by atoms with E-state index in [1.54, 1.807) is 0 Å². The van der Waals surface area contributed by atoms with Gasteiger partial charge in [-0.05, 0) is 0 Å². The Morgan fingerprint density at radius 3 is 2.41 bits per heavy atom. The first kappa shape index (κ1) is 18.7. The first-order valence-corrected chi connectivity index (χ1v) is 7.56. The first-order chi connectivity index (χ1) is 7.40. The van der Waals surface area contributed by atoms with Crippen molar-refractivity contribution >= 4 is 57.8 Å². The van der Waals surface area contributed by atoms with E-state index >= 15 is 0 Å². The van der Waals surface area contributed by atoms with Crippen LogP contribution in [0.1, 0.15) is 29.5 Å². The van der Waals surface area contributed by atoms with Gasteiger partial charge in [-0.2, -0.15) is 56.3 Å². The minimum atomic E-state index is 0. The third-order valence-electron chi connectivity index (χ3n) is 2.80. The molecule has 0 N–H and O–H groups in total. The van der Waals surface area contributed by atoms with Crippen LogP contribution >= 0.6 is 57.8 Å². The molecule has 0 aliphatic rings. The molecule has 0 amide bonds. The fourth-order valence-electron chi connectivity index (χ4n) is 1.57. The van der Waals surface area contributed by atoms with Crippen molar-refractivity contribution in [3.05, 3.63) is 42.9 Å². The molecule has 0 spiro atoms. The third kappa shape index (κ3) is 4.34. The molecule has 0 aliphatic carbocycles. The Kier molecular flexibility index (Phi) is 8.89. The second-order valence-corrected chi connectivity index (χ2v) is 6.53. The van der Waals surface area contributed by atoms with Crippen LogP contribution in [-0.4, -0.2) is 0 Å². The van der Waals surface area contributed by atoms with Crippen LogP contribution in [0.4, 0.5) is 0 Å². The van der Waals surface area contributed by atoms with Crippen LogP contribution in [0.3, 0.4) is 0 Å². The number of allylic oxidation sites excluding steroid dienone is 1. The van der Waals surface area contributed by atoms with Gasteiger partial charge in [0.25, 0.3) is 0 Å². The molecule has 1 aromatic rings. The summed E-state index contributed by atoms with van der Waals surface area (Å²) in [5, 5.41) is 0. The maximum absolute atomic E-state index is 4.48. The van der Waals surface area contributed by atoms with Gasteiger partial charge in [-0.1, -0.05) is 35.2 Å². The van der Waals surface area contributed by atoms with Crippen molar-refractivity contribution in [3.8, 4) is 0 Å². The van der Waals surface area contributed by atoms with Gasteiger partial charge in [0, 0.05) is 0 Å². The summed E-state index contributed by atoms with van der Waals surface area (Å²) >= 11 is 9.14. The molecule has 0 saturated carbocycles. The summed E-state index contributed by atoms with van der Waals surface area (Å²) in [6.45, 7) is 10.3. The van der Waals surface area contributed by atoms with Gasteiger partial charge in [-0.25, -0.2) is 12.7 Å². The van der Waals surface area contributed by atoms with Crippen LogP contribution in [0.2, 0.25) is 0 Å². The van der Waals surface area contributed by atoms with Gasteiger partial charge < -0.3 is 0 Å². The molecule has 0 aliphatic heterocycles. The van der Waals surface area contributed by atoms with Gasteiger partial charge in [0.1, 0.15) is 0 Å². The van der Waals surface area contributed by atoms with Crippen LogP contribution in [-0.2, 0) is 0 Å². The standard InChI is InChI=1S/C13H14I2S.U/c1-5-11(14)9(4)10-6-12(16)13(15)8(3)7(10)2;/h5,9,16H,1H2,2-4H3;/q-2;+2. The molecule has 90 valence electrons. The Hall–Kier alpha value is 1.69. The van der Waals surface area contributed by atoms with Crippen molar-refractivity contribution in [2.45, 2.75) is 31.6 Å². The van der Waals surface area contributed by atoms with Crippen molar-refractivity contribution in [1.82, 2.24) is 0 Å². The Morgan fingerprint density at radius 2 is 1.94 bits per heavy atom. The number of hydrogen-bond acceptors (Lipinski definition) is 1. The van der Waals surface area contributed by atoms with Crippen LogP contribution in [0.25, 0.3) is 0 Å². The minimum Gasteiger partial charge on any atom is -0.244 e. The van der Waals surface area contributed by atoms with E-state index in [1.165, 1.54) is 24.2 Å². The number of hydrogen-bond donors (Lipinski definition) is 1. The fourth-order valence-corrected chi connectivity index (χ4v) is 2.71.